The van der Waals surface area contributed by atoms with Gasteiger partial charge in [0.05, 0.1) is 18.7 Å². The van der Waals surface area contributed by atoms with Crippen molar-refractivity contribution in [2.75, 3.05) is 24.6 Å². The molecule has 0 fully saturated rings. The fourth-order valence-electron chi connectivity index (χ4n) is 1.55. The van der Waals surface area contributed by atoms with Gasteiger partial charge in [-0.1, -0.05) is 12.2 Å². The minimum absolute atomic E-state index is 0.119. The van der Waals surface area contributed by atoms with Gasteiger partial charge in [-0.25, -0.2) is 9.59 Å². The molecule has 0 unspecified atom stereocenters. The van der Waals surface area contributed by atoms with Crippen LogP contribution in [0.2, 0.25) is 0 Å². The maximum absolute atomic E-state index is 12.0. The predicted octanol–water partition coefficient (Wildman–Crippen LogP) is 1.47. The summed E-state index contributed by atoms with van der Waals surface area (Å²) < 4.78 is 0. The molecule has 6 heteroatoms. The van der Waals surface area contributed by atoms with Crippen LogP contribution in [0.5, 0.6) is 0 Å². The molecule has 108 valence electrons. The third-order valence-corrected chi connectivity index (χ3v) is 2.54. The molecule has 0 aliphatic heterocycles. The molecule has 0 bridgehead atoms. The molecule has 1 aromatic carbocycles. The molecule has 0 radical (unpaired) electrons. The van der Waals surface area contributed by atoms with Gasteiger partial charge in [0.1, 0.15) is 0 Å². The molecule has 1 rings (SSSR count). The third-order valence-electron chi connectivity index (χ3n) is 2.54. The zero-order chi connectivity index (χ0) is 15.1. The highest BCUT2D eigenvalue weighted by molar-refractivity contribution is 5.93. The summed E-state index contributed by atoms with van der Waals surface area (Å²) in [5.74, 6) is -1.03. The molecule has 0 saturated heterocycles. The molecule has 0 spiro atoms. The molecule has 0 atom stereocenters. The molecule has 0 heterocycles. The summed E-state index contributed by atoms with van der Waals surface area (Å²) in [7, 11) is 0. The summed E-state index contributed by atoms with van der Waals surface area (Å²) in [5.41, 5.74) is 1.46. The van der Waals surface area contributed by atoms with Crippen LogP contribution in [-0.4, -0.2) is 41.9 Å². The zero-order valence-corrected chi connectivity index (χ0v) is 11.3. The van der Waals surface area contributed by atoms with Crippen molar-refractivity contribution in [2.24, 2.45) is 0 Å². The summed E-state index contributed by atoms with van der Waals surface area (Å²) in [5, 5.41) is 20.5. The van der Waals surface area contributed by atoms with Crippen molar-refractivity contribution in [3.05, 3.63) is 42.0 Å². The number of nitrogens with one attached hydrogen (secondary N) is 1. The molecule has 2 amide bonds. The highest BCUT2D eigenvalue weighted by atomic mass is 16.4. The first kappa shape index (κ1) is 15.7. The smallest absolute Gasteiger partial charge is 0.335 e. The summed E-state index contributed by atoms with van der Waals surface area (Å²) in [4.78, 5) is 24.1. The van der Waals surface area contributed by atoms with Crippen LogP contribution in [0.3, 0.4) is 0 Å². The van der Waals surface area contributed by atoms with E-state index >= 15 is 0 Å². The van der Waals surface area contributed by atoms with Gasteiger partial charge in [-0.05, 0) is 31.2 Å². The van der Waals surface area contributed by atoms with Gasteiger partial charge in [-0.15, -0.1) is 0 Å². The third kappa shape index (κ3) is 4.40. The lowest BCUT2D eigenvalue weighted by Crippen LogP contribution is -2.42. The van der Waals surface area contributed by atoms with Gasteiger partial charge >= 0.3 is 12.0 Å². The lowest BCUT2D eigenvalue weighted by molar-refractivity contribution is 0.0697. The first-order valence-corrected chi connectivity index (χ1v) is 6.09. The molecule has 6 nitrogen and oxygen atoms in total. The van der Waals surface area contributed by atoms with Gasteiger partial charge in [0.25, 0.3) is 0 Å². The number of carbonyl (C=O) groups excluding carboxylic acids is 1. The Bertz CT molecular complexity index is 496. The molecule has 0 aliphatic carbocycles. The van der Waals surface area contributed by atoms with Gasteiger partial charge in [-0.2, -0.15) is 0 Å². The Kier molecular flexibility index (Phi) is 5.74. The van der Waals surface area contributed by atoms with Crippen LogP contribution in [0.15, 0.2) is 36.4 Å². The number of hydrogen-bond acceptors (Lipinski definition) is 3. The number of anilines is 1. The number of amides is 2. The van der Waals surface area contributed by atoms with E-state index in [1.54, 1.807) is 6.92 Å². The van der Waals surface area contributed by atoms with E-state index in [9.17, 15) is 9.59 Å². The van der Waals surface area contributed by atoms with Crippen molar-refractivity contribution in [3.8, 4) is 0 Å². The Morgan fingerprint density at radius 1 is 1.30 bits per heavy atom. The summed E-state index contributed by atoms with van der Waals surface area (Å²) in [6, 6.07) is 5.51. The number of hydrogen-bond donors (Lipinski definition) is 3. The summed E-state index contributed by atoms with van der Waals surface area (Å²) in [6.07, 6.45) is 0. The molecule has 0 aromatic heterocycles. The number of carboxylic acids is 1. The lowest BCUT2D eigenvalue weighted by atomic mass is 10.2. The molecule has 0 saturated carbocycles. The van der Waals surface area contributed by atoms with E-state index in [0.29, 0.717) is 12.2 Å². The van der Waals surface area contributed by atoms with E-state index in [2.05, 4.69) is 11.9 Å². The number of aliphatic hydroxyl groups is 1. The Hall–Kier alpha value is -2.34. The van der Waals surface area contributed by atoms with Crippen molar-refractivity contribution >= 4 is 17.7 Å². The lowest BCUT2D eigenvalue weighted by Gasteiger charge is -2.22. The van der Waals surface area contributed by atoms with Crippen molar-refractivity contribution in [3.63, 3.8) is 0 Å². The molecule has 20 heavy (non-hydrogen) atoms. The van der Waals surface area contributed by atoms with Crippen molar-refractivity contribution < 1.29 is 19.8 Å². The Morgan fingerprint density at radius 2 is 1.90 bits per heavy atom. The van der Waals surface area contributed by atoms with Crippen molar-refractivity contribution in [1.82, 2.24) is 5.32 Å². The second kappa shape index (κ2) is 7.30. The summed E-state index contributed by atoms with van der Waals surface area (Å²) in [6.45, 7) is 5.75. The van der Waals surface area contributed by atoms with Crippen molar-refractivity contribution in [2.45, 2.75) is 6.92 Å². The van der Waals surface area contributed by atoms with Gasteiger partial charge in [0.2, 0.25) is 0 Å². The Labute approximate surface area is 117 Å². The Balaban J connectivity index is 2.86. The van der Waals surface area contributed by atoms with E-state index in [4.69, 9.17) is 10.2 Å². The van der Waals surface area contributed by atoms with Crippen LogP contribution < -0.4 is 10.2 Å². The average molecular weight is 278 g/mol. The second-order valence-electron chi connectivity index (χ2n) is 4.34. The molecule has 1 aromatic rings. The average Bonchev–Trinajstić information content (AvgIpc) is 2.42. The minimum atomic E-state index is -1.03. The standard InChI is InChI=1S/C14H18N2O4/c1-10(2)9-15-14(20)16(7-8-17)12-5-3-11(4-6-12)13(18)19/h3-6,17H,1,7-9H2,2H3,(H,15,20)(H,18,19). The first-order chi connectivity index (χ1) is 9.45. The van der Waals surface area contributed by atoms with Gasteiger partial charge in [0, 0.05) is 12.2 Å². The predicted molar refractivity (Wildman–Crippen MR) is 76.0 cm³/mol. The minimum Gasteiger partial charge on any atom is -0.478 e. The van der Waals surface area contributed by atoms with E-state index in [1.165, 1.54) is 29.2 Å². The molecule has 0 aliphatic rings. The van der Waals surface area contributed by atoms with E-state index in [1.807, 2.05) is 0 Å². The monoisotopic (exact) mass is 278 g/mol. The van der Waals surface area contributed by atoms with Gasteiger partial charge in [0.15, 0.2) is 0 Å². The number of carboxylic acid groups (broad SMARTS) is 1. The number of aliphatic hydroxyl groups excluding tert-OH is 1. The van der Waals surface area contributed by atoms with E-state index < -0.39 is 5.97 Å². The molecule has 3 N–H and O–H groups in total. The van der Waals surface area contributed by atoms with Crippen molar-refractivity contribution in [1.29, 1.82) is 0 Å². The van der Waals surface area contributed by atoms with Crippen LogP contribution in [0.25, 0.3) is 0 Å². The normalized spacial score (nSPS) is 9.90. The number of aromatic carboxylic acids is 1. The second-order valence-corrected chi connectivity index (χ2v) is 4.34. The number of benzene rings is 1. The van der Waals surface area contributed by atoms with Crippen LogP contribution in [0, 0.1) is 0 Å². The fraction of sp³-hybridized carbons (Fsp3) is 0.286. The number of nitrogens with zero attached hydrogens (tertiary/aromatic N) is 1. The van der Waals surface area contributed by atoms with E-state index in [0.717, 1.165) is 5.57 Å². The topological polar surface area (TPSA) is 89.9 Å². The number of rotatable bonds is 6. The van der Waals surface area contributed by atoms with Crippen LogP contribution in [0.1, 0.15) is 17.3 Å². The summed E-state index contributed by atoms with van der Waals surface area (Å²) >= 11 is 0. The Morgan fingerprint density at radius 3 is 2.35 bits per heavy atom. The highest BCUT2D eigenvalue weighted by Crippen LogP contribution is 2.15. The maximum Gasteiger partial charge on any atom is 0.335 e. The highest BCUT2D eigenvalue weighted by Gasteiger charge is 2.15. The van der Waals surface area contributed by atoms with Crippen LogP contribution in [0.4, 0.5) is 10.5 Å². The maximum atomic E-state index is 12.0. The molecular weight excluding hydrogens is 260 g/mol. The quantitative estimate of drug-likeness (QED) is 0.687. The molecular formula is C14H18N2O4. The zero-order valence-electron chi connectivity index (χ0n) is 11.3. The van der Waals surface area contributed by atoms with Gasteiger partial charge < -0.3 is 15.5 Å². The largest absolute Gasteiger partial charge is 0.478 e. The van der Waals surface area contributed by atoms with Crippen LogP contribution >= 0.6 is 0 Å². The number of urea groups is 1. The first-order valence-electron chi connectivity index (χ1n) is 6.09. The van der Waals surface area contributed by atoms with E-state index in [-0.39, 0.29) is 24.7 Å². The SMILES string of the molecule is C=C(C)CNC(=O)N(CCO)c1ccc(C(=O)O)cc1. The fourth-order valence-corrected chi connectivity index (χ4v) is 1.55. The van der Waals surface area contributed by atoms with Crippen LogP contribution in [-0.2, 0) is 0 Å². The number of carbonyl (C=O) groups is 2. The van der Waals surface area contributed by atoms with Gasteiger partial charge in [-0.3, -0.25) is 4.90 Å².